The summed E-state index contributed by atoms with van der Waals surface area (Å²) in [5.41, 5.74) is 0.0330. The van der Waals surface area contributed by atoms with E-state index in [1.54, 1.807) is 32.9 Å². The molecular weight excluding hydrogens is 300 g/mol. The van der Waals surface area contributed by atoms with Crippen molar-refractivity contribution < 1.29 is 19.6 Å². The van der Waals surface area contributed by atoms with Crippen LogP contribution in [0.15, 0.2) is 24.3 Å². The quantitative estimate of drug-likeness (QED) is 0.472. The zero-order chi connectivity index (χ0) is 17.5. The Hall–Kier alpha value is -2.15. The van der Waals surface area contributed by atoms with E-state index in [1.165, 1.54) is 17.0 Å². The summed E-state index contributed by atoms with van der Waals surface area (Å²) in [4.78, 5) is 24.2. The Bertz CT molecular complexity index is 540. The molecule has 1 rings (SSSR count). The Morgan fingerprint density at radius 1 is 1.35 bits per heavy atom. The topological polar surface area (TPSA) is 92.9 Å². The SMILES string of the molecule is CC(C)(C)OC(=O)N(CCCCO)Cc1cccc([N+](=O)[O-])c1. The third-order valence-corrected chi connectivity index (χ3v) is 2.98. The minimum absolute atomic E-state index is 0.0120. The standard InChI is InChI=1S/C16H24N2O5/c1-16(2,3)23-15(20)17(9-4-5-10-19)12-13-7-6-8-14(11-13)18(21)22/h6-8,11,19H,4-5,9-10,12H2,1-3H3. The summed E-state index contributed by atoms with van der Waals surface area (Å²) in [5, 5.41) is 19.7. The van der Waals surface area contributed by atoms with Gasteiger partial charge in [-0.05, 0) is 39.2 Å². The molecule has 0 saturated heterocycles. The van der Waals surface area contributed by atoms with Gasteiger partial charge in [0.1, 0.15) is 5.60 Å². The summed E-state index contributed by atoms with van der Waals surface area (Å²) in [6.45, 7) is 6.04. The number of unbranched alkanes of at least 4 members (excludes halogenated alkanes) is 1. The molecule has 0 atom stereocenters. The molecular formula is C16H24N2O5. The van der Waals surface area contributed by atoms with Gasteiger partial charge in [-0.1, -0.05) is 12.1 Å². The van der Waals surface area contributed by atoms with Crippen LogP contribution in [0.4, 0.5) is 10.5 Å². The number of ether oxygens (including phenoxy) is 1. The van der Waals surface area contributed by atoms with Crippen LogP contribution in [-0.4, -0.2) is 39.8 Å². The smallest absolute Gasteiger partial charge is 0.410 e. The van der Waals surface area contributed by atoms with E-state index in [2.05, 4.69) is 0 Å². The Kier molecular flexibility index (Phi) is 6.96. The number of non-ortho nitro benzene ring substituents is 1. The van der Waals surface area contributed by atoms with Crippen LogP contribution >= 0.6 is 0 Å². The molecule has 0 bridgehead atoms. The van der Waals surface area contributed by atoms with E-state index in [9.17, 15) is 14.9 Å². The summed E-state index contributed by atoms with van der Waals surface area (Å²) in [5.74, 6) is 0. The van der Waals surface area contributed by atoms with Gasteiger partial charge in [-0.3, -0.25) is 10.1 Å². The van der Waals surface area contributed by atoms with Gasteiger partial charge in [-0.2, -0.15) is 0 Å². The number of carbonyl (C=O) groups is 1. The molecule has 7 nitrogen and oxygen atoms in total. The lowest BCUT2D eigenvalue weighted by atomic mass is 10.2. The molecule has 7 heteroatoms. The fraction of sp³-hybridized carbons (Fsp3) is 0.562. The van der Waals surface area contributed by atoms with Crippen molar-refractivity contribution >= 4 is 11.8 Å². The molecule has 1 aromatic carbocycles. The molecule has 0 aromatic heterocycles. The number of aliphatic hydroxyl groups is 1. The lowest BCUT2D eigenvalue weighted by molar-refractivity contribution is -0.384. The second-order valence-electron chi connectivity index (χ2n) is 6.26. The molecule has 23 heavy (non-hydrogen) atoms. The zero-order valence-electron chi connectivity index (χ0n) is 13.8. The monoisotopic (exact) mass is 324 g/mol. The predicted molar refractivity (Wildman–Crippen MR) is 86.1 cm³/mol. The van der Waals surface area contributed by atoms with E-state index in [4.69, 9.17) is 9.84 Å². The molecule has 0 unspecified atom stereocenters. The molecule has 0 aliphatic rings. The third-order valence-electron chi connectivity index (χ3n) is 2.98. The number of rotatable bonds is 7. The maximum Gasteiger partial charge on any atom is 0.410 e. The lowest BCUT2D eigenvalue weighted by Gasteiger charge is -2.27. The van der Waals surface area contributed by atoms with Gasteiger partial charge in [0.05, 0.1) is 4.92 Å². The second-order valence-corrected chi connectivity index (χ2v) is 6.26. The van der Waals surface area contributed by atoms with Gasteiger partial charge >= 0.3 is 6.09 Å². The zero-order valence-corrected chi connectivity index (χ0v) is 13.8. The largest absolute Gasteiger partial charge is 0.444 e. The molecule has 0 spiro atoms. The minimum Gasteiger partial charge on any atom is -0.444 e. The number of nitro groups is 1. The van der Waals surface area contributed by atoms with Crippen molar-refractivity contribution in [3.05, 3.63) is 39.9 Å². The third kappa shape index (κ3) is 7.10. The number of benzene rings is 1. The first kappa shape index (κ1) is 18.9. The van der Waals surface area contributed by atoms with Gasteiger partial charge in [0, 0.05) is 31.8 Å². The Labute approximate surface area is 136 Å². The lowest BCUT2D eigenvalue weighted by Crippen LogP contribution is -2.37. The average Bonchev–Trinajstić information content (AvgIpc) is 2.45. The van der Waals surface area contributed by atoms with Crippen LogP contribution in [0, 0.1) is 10.1 Å². The highest BCUT2D eigenvalue weighted by molar-refractivity contribution is 5.68. The number of amides is 1. The highest BCUT2D eigenvalue weighted by Crippen LogP contribution is 2.17. The van der Waals surface area contributed by atoms with E-state index in [0.29, 0.717) is 24.9 Å². The maximum absolute atomic E-state index is 12.3. The molecule has 128 valence electrons. The van der Waals surface area contributed by atoms with Gasteiger partial charge in [0.2, 0.25) is 0 Å². The molecule has 1 aromatic rings. The number of nitro benzene ring substituents is 1. The van der Waals surface area contributed by atoms with E-state index >= 15 is 0 Å². The molecule has 1 N–H and O–H groups in total. The van der Waals surface area contributed by atoms with E-state index in [-0.39, 0.29) is 18.8 Å². The number of aliphatic hydroxyl groups excluding tert-OH is 1. The van der Waals surface area contributed by atoms with Crippen LogP contribution in [0.5, 0.6) is 0 Å². The van der Waals surface area contributed by atoms with Gasteiger partial charge < -0.3 is 14.7 Å². The summed E-state index contributed by atoms with van der Waals surface area (Å²) >= 11 is 0. The summed E-state index contributed by atoms with van der Waals surface area (Å²) in [7, 11) is 0. The van der Waals surface area contributed by atoms with Crippen LogP contribution in [0.25, 0.3) is 0 Å². The Morgan fingerprint density at radius 3 is 2.61 bits per heavy atom. The molecule has 0 aliphatic heterocycles. The van der Waals surface area contributed by atoms with Crippen LogP contribution < -0.4 is 0 Å². The van der Waals surface area contributed by atoms with Crippen molar-refractivity contribution in [2.45, 2.75) is 45.8 Å². The molecule has 0 fully saturated rings. The molecule has 0 heterocycles. The van der Waals surface area contributed by atoms with E-state index in [1.807, 2.05) is 0 Å². The van der Waals surface area contributed by atoms with Gasteiger partial charge in [-0.15, -0.1) is 0 Å². The fourth-order valence-corrected chi connectivity index (χ4v) is 1.96. The first-order chi connectivity index (χ1) is 10.7. The average molecular weight is 324 g/mol. The van der Waals surface area contributed by atoms with Crippen molar-refractivity contribution in [2.24, 2.45) is 0 Å². The number of hydrogen-bond acceptors (Lipinski definition) is 5. The first-order valence-electron chi connectivity index (χ1n) is 7.55. The fourth-order valence-electron chi connectivity index (χ4n) is 1.96. The van der Waals surface area contributed by atoms with Gasteiger partial charge in [0.15, 0.2) is 0 Å². The number of carbonyl (C=O) groups excluding carboxylic acids is 1. The summed E-state index contributed by atoms with van der Waals surface area (Å²) in [6.07, 6.45) is 0.737. The normalized spacial score (nSPS) is 11.1. The van der Waals surface area contributed by atoms with Gasteiger partial charge in [-0.25, -0.2) is 4.79 Å². The minimum atomic E-state index is -0.616. The van der Waals surface area contributed by atoms with Crippen LogP contribution in [0.3, 0.4) is 0 Å². The summed E-state index contributed by atoms with van der Waals surface area (Å²) < 4.78 is 5.37. The van der Waals surface area contributed by atoms with Crippen LogP contribution in [0.2, 0.25) is 0 Å². The molecule has 0 saturated carbocycles. The highest BCUT2D eigenvalue weighted by atomic mass is 16.6. The first-order valence-corrected chi connectivity index (χ1v) is 7.55. The van der Waals surface area contributed by atoms with Crippen molar-refractivity contribution in [3.63, 3.8) is 0 Å². The Morgan fingerprint density at radius 2 is 2.04 bits per heavy atom. The molecule has 0 radical (unpaired) electrons. The van der Waals surface area contributed by atoms with Crippen LogP contribution in [0.1, 0.15) is 39.2 Å². The molecule has 0 aliphatic carbocycles. The van der Waals surface area contributed by atoms with E-state index < -0.39 is 16.6 Å². The molecule has 1 amide bonds. The highest BCUT2D eigenvalue weighted by Gasteiger charge is 2.22. The number of hydrogen-bond donors (Lipinski definition) is 1. The van der Waals surface area contributed by atoms with Crippen molar-refractivity contribution in [3.8, 4) is 0 Å². The summed E-state index contributed by atoms with van der Waals surface area (Å²) in [6, 6.07) is 6.18. The van der Waals surface area contributed by atoms with Crippen molar-refractivity contribution in [1.82, 2.24) is 4.90 Å². The maximum atomic E-state index is 12.3. The van der Waals surface area contributed by atoms with Crippen molar-refractivity contribution in [1.29, 1.82) is 0 Å². The van der Waals surface area contributed by atoms with E-state index in [0.717, 1.165) is 0 Å². The van der Waals surface area contributed by atoms with Crippen LogP contribution in [-0.2, 0) is 11.3 Å². The predicted octanol–water partition coefficient (Wildman–Crippen LogP) is 3.10. The second kappa shape index (κ2) is 8.47. The van der Waals surface area contributed by atoms with Crippen molar-refractivity contribution in [2.75, 3.05) is 13.2 Å². The van der Waals surface area contributed by atoms with Gasteiger partial charge in [0.25, 0.3) is 5.69 Å². The number of nitrogens with zero attached hydrogens (tertiary/aromatic N) is 2. The Balaban J connectivity index is 2.85.